The molecular weight excluding hydrogens is 234 g/mol. The lowest BCUT2D eigenvalue weighted by Crippen LogP contribution is -2.37. The maximum Gasteiger partial charge on any atom is 0.220 e. The Balaban J connectivity index is 2.14. The van der Waals surface area contributed by atoms with Gasteiger partial charge in [0, 0.05) is 24.3 Å². The lowest BCUT2D eigenvalue weighted by Gasteiger charge is -2.26. The zero-order valence-electron chi connectivity index (χ0n) is 11.1. The molecule has 0 atom stereocenters. The van der Waals surface area contributed by atoms with Crippen molar-refractivity contribution in [1.82, 2.24) is 5.32 Å². The molecule has 0 unspecified atom stereocenters. The van der Waals surface area contributed by atoms with Crippen LogP contribution in [0.25, 0.3) is 0 Å². The molecule has 1 N–H and O–H groups in total. The molecule has 1 rings (SSSR count). The first-order valence-corrected chi connectivity index (χ1v) is 7.58. The van der Waals surface area contributed by atoms with E-state index in [0.29, 0.717) is 12.3 Å². The molecule has 17 heavy (non-hydrogen) atoms. The molecule has 1 aliphatic carbocycles. The molecule has 0 spiro atoms. The molecule has 1 aliphatic rings. The van der Waals surface area contributed by atoms with Crippen LogP contribution in [0.5, 0.6) is 0 Å². The number of unbranched alkanes of at least 4 members (excludes halogenated alkanes) is 3. The van der Waals surface area contributed by atoms with E-state index in [2.05, 4.69) is 12.2 Å². The maximum absolute atomic E-state index is 11.7. The van der Waals surface area contributed by atoms with E-state index in [1.165, 1.54) is 44.9 Å². The number of alkyl halides is 1. The van der Waals surface area contributed by atoms with Crippen LogP contribution < -0.4 is 5.32 Å². The van der Waals surface area contributed by atoms with Crippen molar-refractivity contribution in [3.63, 3.8) is 0 Å². The van der Waals surface area contributed by atoms with Crippen LogP contribution in [-0.2, 0) is 4.79 Å². The highest BCUT2D eigenvalue weighted by Gasteiger charge is 2.33. The highest BCUT2D eigenvalue weighted by molar-refractivity contribution is 6.18. The molecule has 0 aliphatic heterocycles. The van der Waals surface area contributed by atoms with E-state index < -0.39 is 0 Å². The van der Waals surface area contributed by atoms with Gasteiger partial charge in [0.2, 0.25) is 5.91 Å². The average molecular weight is 260 g/mol. The summed E-state index contributed by atoms with van der Waals surface area (Å²) >= 11 is 6.04. The fourth-order valence-electron chi connectivity index (χ4n) is 2.57. The lowest BCUT2D eigenvalue weighted by molar-refractivity contribution is -0.121. The van der Waals surface area contributed by atoms with Crippen molar-refractivity contribution in [1.29, 1.82) is 0 Å². The second-order valence-electron chi connectivity index (χ2n) is 5.43. The lowest BCUT2D eigenvalue weighted by atomic mass is 9.88. The average Bonchev–Trinajstić information content (AvgIpc) is 2.82. The summed E-state index contributed by atoms with van der Waals surface area (Å²) in [7, 11) is 0. The normalized spacial score (nSPS) is 18.2. The zero-order chi connectivity index (χ0) is 12.6. The van der Waals surface area contributed by atoms with Crippen molar-refractivity contribution in [3.05, 3.63) is 0 Å². The van der Waals surface area contributed by atoms with Crippen molar-refractivity contribution >= 4 is 17.5 Å². The summed E-state index contributed by atoms with van der Waals surface area (Å²) < 4.78 is 0. The Labute approximate surface area is 110 Å². The minimum atomic E-state index is 0.195. The molecule has 0 bridgehead atoms. The molecule has 0 aromatic carbocycles. The van der Waals surface area contributed by atoms with Crippen LogP contribution in [-0.4, -0.2) is 18.3 Å². The van der Waals surface area contributed by atoms with Crippen LogP contribution in [0.1, 0.15) is 64.7 Å². The summed E-state index contributed by atoms with van der Waals surface area (Å²) in [6.45, 7) is 2.97. The van der Waals surface area contributed by atoms with Gasteiger partial charge in [-0.1, -0.05) is 39.0 Å². The molecular formula is C14H26ClNO. The molecule has 0 aromatic heterocycles. The number of rotatable bonds is 8. The third-order valence-corrected chi connectivity index (χ3v) is 4.43. The van der Waals surface area contributed by atoms with Crippen molar-refractivity contribution in [2.24, 2.45) is 5.41 Å². The Morgan fingerprint density at radius 3 is 2.53 bits per heavy atom. The van der Waals surface area contributed by atoms with Crippen LogP contribution in [0.15, 0.2) is 0 Å². The van der Waals surface area contributed by atoms with Crippen LogP contribution in [0, 0.1) is 5.41 Å². The first-order chi connectivity index (χ1) is 8.22. The molecule has 100 valence electrons. The number of halogens is 1. The molecule has 0 radical (unpaired) electrons. The molecule has 0 aromatic rings. The number of nitrogens with one attached hydrogen (secondary N) is 1. The Morgan fingerprint density at radius 2 is 1.94 bits per heavy atom. The fourth-order valence-corrected chi connectivity index (χ4v) is 2.93. The number of carbonyl (C=O) groups is 1. The molecule has 3 heteroatoms. The van der Waals surface area contributed by atoms with Gasteiger partial charge >= 0.3 is 0 Å². The predicted octanol–water partition coefficient (Wildman–Crippen LogP) is 3.87. The van der Waals surface area contributed by atoms with Gasteiger partial charge in [0.1, 0.15) is 0 Å². The number of amides is 1. The second kappa shape index (κ2) is 7.97. The van der Waals surface area contributed by atoms with E-state index in [0.717, 1.165) is 13.0 Å². The van der Waals surface area contributed by atoms with Crippen molar-refractivity contribution in [2.45, 2.75) is 64.7 Å². The standard InChI is InChI=1S/C14H26ClNO/c1-2-3-4-5-8-13(17)16-12-14(11-15)9-6-7-10-14/h2-12H2,1H3,(H,16,17). The Kier molecular flexibility index (Phi) is 6.94. The van der Waals surface area contributed by atoms with E-state index in [4.69, 9.17) is 11.6 Å². The molecule has 2 nitrogen and oxygen atoms in total. The summed E-state index contributed by atoms with van der Waals surface area (Å²) in [6, 6.07) is 0. The molecule has 0 saturated heterocycles. The largest absolute Gasteiger partial charge is 0.356 e. The summed E-state index contributed by atoms with van der Waals surface area (Å²) in [6.07, 6.45) is 10.2. The summed E-state index contributed by atoms with van der Waals surface area (Å²) in [5.74, 6) is 0.890. The topological polar surface area (TPSA) is 29.1 Å². The maximum atomic E-state index is 11.7. The van der Waals surface area contributed by atoms with Gasteiger partial charge in [-0.2, -0.15) is 0 Å². The van der Waals surface area contributed by atoms with E-state index in [1.54, 1.807) is 0 Å². The number of hydrogen-bond acceptors (Lipinski definition) is 1. The molecule has 1 amide bonds. The van der Waals surface area contributed by atoms with E-state index in [9.17, 15) is 4.79 Å². The fraction of sp³-hybridized carbons (Fsp3) is 0.929. The van der Waals surface area contributed by atoms with Crippen molar-refractivity contribution in [2.75, 3.05) is 12.4 Å². The molecule has 1 saturated carbocycles. The Bertz CT molecular complexity index is 224. The van der Waals surface area contributed by atoms with Gasteiger partial charge in [-0.25, -0.2) is 0 Å². The van der Waals surface area contributed by atoms with Crippen molar-refractivity contribution in [3.8, 4) is 0 Å². The molecule has 1 fully saturated rings. The van der Waals surface area contributed by atoms with Gasteiger partial charge in [-0.15, -0.1) is 11.6 Å². The van der Waals surface area contributed by atoms with Gasteiger partial charge < -0.3 is 5.32 Å². The minimum absolute atomic E-state index is 0.195. The number of carbonyl (C=O) groups excluding carboxylic acids is 1. The smallest absolute Gasteiger partial charge is 0.220 e. The summed E-state index contributed by atoms with van der Waals surface area (Å²) in [4.78, 5) is 11.7. The van der Waals surface area contributed by atoms with Crippen LogP contribution in [0.3, 0.4) is 0 Å². The van der Waals surface area contributed by atoms with Crippen LogP contribution >= 0.6 is 11.6 Å². The first kappa shape index (κ1) is 14.8. The monoisotopic (exact) mass is 259 g/mol. The third kappa shape index (κ3) is 5.29. The Hall–Kier alpha value is -0.240. The SMILES string of the molecule is CCCCCCC(=O)NCC1(CCl)CCCC1. The second-order valence-corrected chi connectivity index (χ2v) is 5.70. The highest BCUT2D eigenvalue weighted by Crippen LogP contribution is 2.38. The quantitative estimate of drug-likeness (QED) is 0.520. The number of hydrogen-bond donors (Lipinski definition) is 1. The summed E-state index contributed by atoms with van der Waals surface area (Å²) in [5.41, 5.74) is 0.195. The van der Waals surface area contributed by atoms with E-state index in [-0.39, 0.29) is 11.3 Å². The predicted molar refractivity (Wildman–Crippen MR) is 73.4 cm³/mol. The van der Waals surface area contributed by atoms with Gasteiger partial charge in [0.25, 0.3) is 0 Å². The highest BCUT2D eigenvalue weighted by atomic mass is 35.5. The van der Waals surface area contributed by atoms with E-state index >= 15 is 0 Å². The minimum Gasteiger partial charge on any atom is -0.356 e. The van der Waals surface area contributed by atoms with Gasteiger partial charge in [0.15, 0.2) is 0 Å². The van der Waals surface area contributed by atoms with E-state index in [1.807, 2.05) is 0 Å². The van der Waals surface area contributed by atoms with Gasteiger partial charge in [0.05, 0.1) is 0 Å². The summed E-state index contributed by atoms with van der Waals surface area (Å²) in [5, 5.41) is 3.07. The molecule has 0 heterocycles. The van der Waals surface area contributed by atoms with Crippen molar-refractivity contribution < 1.29 is 4.79 Å². The van der Waals surface area contributed by atoms with Gasteiger partial charge in [-0.05, 0) is 19.3 Å². The Morgan fingerprint density at radius 1 is 1.24 bits per heavy atom. The van der Waals surface area contributed by atoms with Gasteiger partial charge in [-0.3, -0.25) is 4.79 Å². The first-order valence-electron chi connectivity index (χ1n) is 7.05. The third-order valence-electron chi connectivity index (χ3n) is 3.87. The van der Waals surface area contributed by atoms with Crippen LogP contribution in [0.4, 0.5) is 0 Å². The van der Waals surface area contributed by atoms with Crippen LogP contribution in [0.2, 0.25) is 0 Å². The zero-order valence-corrected chi connectivity index (χ0v) is 11.8.